The van der Waals surface area contributed by atoms with E-state index < -0.39 is 0 Å². The quantitative estimate of drug-likeness (QED) is 0.180. The predicted molar refractivity (Wildman–Crippen MR) is 215 cm³/mol. The lowest BCUT2D eigenvalue weighted by Crippen LogP contribution is -1.95. The molecule has 0 saturated carbocycles. The lowest BCUT2D eigenvalue weighted by atomic mass is 10.0. The SMILES string of the molecule is c1ccc(-n2c3ccccc3c3ccc(-c4ccc(-n5c6ccccc6c6ccc7c(c8ccccc8n7-c7ccccc7)c65)cc4)cc32)cc1. The van der Waals surface area contributed by atoms with Crippen molar-refractivity contribution in [3.8, 4) is 28.2 Å². The molecule has 3 heterocycles. The number of aromatic nitrogens is 3. The van der Waals surface area contributed by atoms with Gasteiger partial charge < -0.3 is 13.7 Å². The molecular formula is C48H31N3. The van der Waals surface area contributed by atoms with E-state index in [0.717, 1.165) is 5.69 Å². The Hall–Kier alpha value is -6.84. The van der Waals surface area contributed by atoms with Crippen molar-refractivity contribution in [2.24, 2.45) is 0 Å². The maximum absolute atomic E-state index is 2.47. The summed E-state index contributed by atoms with van der Waals surface area (Å²) >= 11 is 0. The van der Waals surface area contributed by atoms with Gasteiger partial charge in [-0.25, -0.2) is 0 Å². The lowest BCUT2D eigenvalue weighted by Gasteiger charge is -2.12. The predicted octanol–water partition coefficient (Wildman–Crippen LogP) is 12.6. The summed E-state index contributed by atoms with van der Waals surface area (Å²) < 4.78 is 7.26. The monoisotopic (exact) mass is 649 g/mol. The summed E-state index contributed by atoms with van der Waals surface area (Å²) in [5, 5.41) is 7.58. The molecule has 0 amide bonds. The van der Waals surface area contributed by atoms with Crippen LogP contribution in [0.4, 0.5) is 0 Å². The van der Waals surface area contributed by atoms with E-state index in [0.29, 0.717) is 0 Å². The Labute approximate surface area is 294 Å². The van der Waals surface area contributed by atoms with Crippen molar-refractivity contribution in [3.63, 3.8) is 0 Å². The molecule has 3 heteroatoms. The Bertz CT molecular complexity index is 3110. The van der Waals surface area contributed by atoms with E-state index in [1.54, 1.807) is 0 Å². The zero-order valence-corrected chi connectivity index (χ0v) is 27.7. The first-order chi connectivity index (χ1) is 25.3. The summed E-state index contributed by atoms with van der Waals surface area (Å²) in [6.07, 6.45) is 0. The topological polar surface area (TPSA) is 14.8 Å². The largest absolute Gasteiger partial charge is 0.309 e. The second-order valence-electron chi connectivity index (χ2n) is 13.4. The average molecular weight is 650 g/mol. The molecule has 0 aliphatic rings. The molecule has 3 aromatic heterocycles. The van der Waals surface area contributed by atoms with Crippen molar-refractivity contribution < 1.29 is 0 Å². The molecule has 0 spiro atoms. The molecule has 11 rings (SSSR count). The first-order valence-electron chi connectivity index (χ1n) is 17.5. The molecule has 238 valence electrons. The van der Waals surface area contributed by atoms with E-state index >= 15 is 0 Å². The van der Waals surface area contributed by atoms with Crippen LogP contribution in [-0.4, -0.2) is 13.7 Å². The maximum Gasteiger partial charge on any atom is 0.0641 e. The number of hydrogen-bond acceptors (Lipinski definition) is 0. The normalized spacial score (nSPS) is 11.9. The van der Waals surface area contributed by atoms with E-state index in [4.69, 9.17) is 0 Å². The van der Waals surface area contributed by atoms with Gasteiger partial charge in [0.2, 0.25) is 0 Å². The molecule has 8 aromatic carbocycles. The number of hydrogen-bond donors (Lipinski definition) is 0. The molecule has 51 heavy (non-hydrogen) atoms. The van der Waals surface area contributed by atoms with Gasteiger partial charge in [0.25, 0.3) is 0 Å². The van der Waals surface area contributed by atoms with Gasteiger partial charge in [-0.1, -0.05) is 121 Å². The van der Waals surface area contributed by atoms with E-state index in [2.05, 4.69) is 202 Å². The Morgan fingerprint density at radius 1 is 0.255 bits per heavy atom. The van der Waals surface area contributed by atoms with Crippen LogP contribution in [0.15, 0.2) is 188 Å². The molecule has 3 nitrogen and oxygen atoms in total. The fraction of sp³-hybridized carbons (Fsp3) is 0. The van der Waals surface area contributed by atoms with Crippen LogP contribution < -0.4 is 0 Å². The van der Waals surface area contributed by atoms with Gasteiger partial charge in [0.1, 0.15) is 0 Å². The van der Waals surface area contributed by atoms with Crippen molar-refractivity contribution in [2.75, 3.05) is 0 Å². The van der Waals surface area contributed by atoms with Crippen LogP contribution in [0.3, 0.4) is 0 Å². The smallest absolute Gasteiger partial charge is 0.0641 e. The van der Waals surface area contributed by atoms with Gasteiger partial charge in [-0.05, 0) is 77.9 Å². The van der Waals surface area contributed by atoms with Crippen LogP contribution in [0.25, 0.3) is 93.6 Å². The van der Waals surface area contributed by atoms with Gasteiger partial charge >= 0.3 is 0 Å². The summed E-state index contributed by atoms with van der Waals surface area (Å²) in [5.74, 6) is 0. The van der Waals surface area contributed by atoms with Crippen LogP contribution in [-0.2, 0) is 0 Å². The Kier molecular flexibility index (Phi) is 5.96. The first-order valence-corrected chi connectivity index (χ1v) is 17.5. The Morgan fingerprint density at radius 2 is 0.706 bits per heavy atom. The van der Waals surface area contributed by atoms with E-state index in [9.17, 15) is 0 Å². The van der Waals surface area contributed by atoms with E-state index in [1.165, 1.54) is 87.9 Å². The lowest BCUT2D eigenvalue weighted by molar-refractivity contribution is 1.17. The number of nitrogens with zero attached hydrogens (tertiary/aromatic N) is 3. The van der Waals surface area contributed by atoms with Gasteiger partial charge in [-0.2, -0.15) is 0 Å². The molecule has 0 fully saturated rings. The van der Waals surface area contributed by atoms with Gasteiger partial charge in [0.15, 0.2) is 0 Å². The van der Waals surface area contributed by atoms with Crippen molar-refractivity contribution in [3.05, 3.63) is 188 Å². The van der Waals surface area contributed by atoms with Crippen LogP contribution >= 0.6 is 0 Å². The van der Waals surface area contributed by atoms with E-state index in [1.807, 2.05) is 0 Å². The minimum absolute atomic E-state index is 1.15. The molecule has 0 unspecified atom stereocenters. The summed E-state index contributed by atoms with van der Waals surface area (Å²) in [6, 6.07) is 68.3. The highest BCUT2D eigenvalue weighted by molar-refractivity contribution is 6.26. The highest BCUT2D eigenvalue weighted by atomic mass is 15.0. The van der Waals surface area contributed by atoms with Gasteiger partial charge in [-0.3, -0.25) is 0 Å². The fourth-order valence-corrected chi connectivity index (χ4v) is 8.44. The minimum atomic E-state index is 1.15. The molecule has 0 N–H and O–H groups in total. The van der Waals surface area contributed by atoms with Crippen LogP contribution in [0, 0.1) is 0 Å². The molecule has 0 bridgehead atoms. The average Bonchev–Trinajstić information content (AvgIpc) is 3.84. The number of benzene rings is 8. The Morgan fingerprint density at radius 3 is 1.37 bits per heavy atom. The molecule has 0 aliphatic heterocycles. The zero-order chi connectivity index (χ0) is 33.5. The summed E-state index contributed by atoms with van der Waals surface area (Å²) in [5.41, 5.74) is 13.2. The van der Waals surface area contributed by atoms with Gasteiger partial charge in [0.05, 0.1) is 33.1 Å². The number of rotatable bonds is 4. The molecular weight excluding hydrogens is 619 g/mol. The van der Waals surface area contributed by atoms with Gasteiger partial charge in [0, 0.05) is 49.4 Å². The summed E-state index contributed by atoms with van der Waals surface area (Å²) in [6.45, 7) is 0. The third kappa shape index (κ3) is 4.06. The molecule has 11 aromatic rings. The molecule has 0 radical (unpaired) electrons. The van der Waals surface area contributed by atoms with Crippen LogP contribution in [0.5, 0.6) is 0 Å². The summed E-state index contributed by atoms with van der Waals surface area (Å²) in [4.78, 5) is 0. The first kappa shape index (κ1) is 28.0. The number of fused-ring (bicyclic) bond motifs is 10. The van der Waals surface area contributed by atoms with Crippen molar-refractivity contribution >= 4 is 65.4 Å². The van der Waals surface area contributed by atoms with Crippen molar-refractivity contribution in [1.82, 2.24) is 13.7 Å². The third-order valence-electron chi connectivity index (χ3n) is 10.6. The highest BCUT2D eigenvalue weighted by Gasteiger charge is 2.21. The zero-order valence-electron chi connectivity index (χ0n) is 27.7. The van der Waals surface area contributed by atoms with E-state index in [-0.39, 0.29) is 0 Å². The number of para-hydroxylation sites is 5. The van der Waals surface area contributed by atoms with Gasteiger partial charge in [-0.15, -0.1) is 0 Å². The molecule has 0 atom stereocenters. The minimum Gasteiger partial charge on any atom is -0.309 e. The maximum atomic E-state index is 2.47. The standard InChI is InChI=1S/C48H31N3/c1-3-13-34(14-4-1)49-44-22-12-9-19-41(44)47-45(49)30-29-40-38-18-8-11-21-43(38)51(48(40)47)36-26-23-32(24-27-36)33-25-28-39-37-17-7-10-20-42(37)50(46(39)31-33)35-15-5-2-6-16-35/h1-31H. The van der Waals surface area contributed by atoms with Crippen LogP contribution in [0.2, 0.25) is 0 Å². The Balaban J connectivity index is 1.13. The molecule has 0 aliphatic carbocycles. The molecule has 0 saturated heterocycles. The second kappa shape index (κ2) is 10.8. The fourth-order valence-electron chi connectivity index (χ4n) is 8.44. The van der Waals surface area contributed by atoms with Crippen molar-refractivity contribution in [2.45, 2.75) is 0 Å². The second-order valence-corrected chi connectivity index (χ2v) is 13.4. The van der Waals surface area contributed by atoms with Crippen molar-refractivity contribution in [1.29, 1.82) is 0 Å². The summed E-state index contributed by atoms with van der Waals surface area (Å²) in [7, 11) is 0. The highest BCUT2D eigenvalue weighted by Crippen LogP contribution is 2.42. The van der Waals surface area contributed by atoms with Crippen LogP contribution in [0.1, 0.15) is 0 Å². The third-order valence-corrected chi connectivity index (χ3v) is 10.6.